The third-order valence-corrected chi connectivity index (χ3v) is 4.94. The molecule has 0 aliphatic carbocycles. The van der Waals surface area contributed by atoms with Gasteiger partial charge in [0.05, 0.1) is 6.04 Å². The second kappa shape index (κ2) is 9.98. The van der Waals surface area contributed by atoms with Crippen molar-refractivity contribution in [1.82, 2.24) is 20.4 Å². The van der Waals surface area contributed by atoms with Crippen molar-refractivity contribution >= 4 is 5.91 Å². The quantitative estimate of drug-likeness (QED) is 0.602. The standard InChI is InChI=1S/C23H28N4O2/c1-4-17-10-12-18(13-11-17)20(27(2)3)16-24-21(28)14-15-22-25-26-23(29-22)19-8-6-5-7-9-19/h5-13,20H,4,14-16H2,1-3H3,(H,24,28)/t20-/m0/s1. The summed E-state index contributed by atoms with van der Waals surface area (Å²) in [5.74, 6) is 0.920. The van der Waals surface area contributed by atoms with Crippen molar-refractivity contribution in [3.05, 3.63) is 71.6 Å². The lowest BCUT2D eigenvalue weighted by molar-refractivity contribution is -0.121. The highest BCUT2D eigenvalue weighted by Crippen LogP contribution is 2.19. The number of benzene rings is 2. The van der Waals surface area contributed by atoms with Crippen LogP contribution in [-0.2, 0) is 17.6 Å². The largest absolute Gasteiger partial charge is 0.421 e. The number of rotatable bonds is 9. The number of hydrogen-bond acceptors (Lipinski definition) is 5. The Balaban J connectivity index is 1.51. The molecule has 152 valence electrons. The molecule has 3 aromatic rings. The van der Waals surface area contributed by atoms with E-state index in [1.54, 1.807) is 0 Å². The van der Waals surface area contributed by atoms with E-state index >= 15 is 0 Å². The first-order valence-corrected chi connectivity index (χ1v) is 9.96. The number of hydrogen-bond donors (Lipinski definition) is 1. The molecule has 1 N–H and O–H groups in total. The van der Waals surface area contributed by atoms with E-state index < -0.39 is 0 Å². The number of aryl methyl sites for hydroxylation is 2. The van der Waals surface area contributed by atoms with Crippen LogP contribution in [0.2, 0.25) is 0 Å². The van der Waals surface area contributed by atoms with Crippen molar-refractivity contribution in [2.75, 3.05) is 20.6 Å². The smallest absolute Gasteiger partial charge is 0.247 e. The summed E-state index contributed by atoms with van der Waals surface area (Å²) in [6.45, 7) is 2.70. The topological polar surface area (TPSA) is 71.3 Å². The van der Waals surface area contributed by atoms with Crippen LogP contribution in [0.25, 0.3) is 11.5 Å². The van der Waals surface area contributed by atoms with Crippen molar-refractivity contribution in [3.8, 4) is 11.5 Å². The molecule has 0 saturated heterocycles. The van der Waals surface area contributed by atoms with Crippen LogP contribution in [0.15, 0.2) is 59.0 Å². The molecular weight excluding hydrogens is 364 g/mol. The summed E-state index contributed by atoms with van der Waals surface area (Å²) in [6.07, 6.45) is 1.75. The first-order chi connectivity index (χ1) is 14.1. The summed E-state index contributed by atoms with van der Waals surface area (Å²) >= 11 is 0. The number of carbonyl (C=O) groups excluding carboxylic acids is 1. The lowest BCUT2D eigenvalue weighted by atomic mass is 10.0. The van der Waals surface area contributed by atoms with Crippen molar-refractivity contribution in [3.63, 3.8) is 0 Å². The van der Waals surface area contributed by atoms with Crippen molar-refractivity contribution < 1.29 is 9.21 Å². The molecule has 0 unspecified atom stereocenters. The molecule has 0 aliphatic rings. The average Bonchev–Trinajstić information content (AvgIpc) is 3.22. The molecule has 1 amide bonds. The fraction of sp³-hybridized carbons (Fsp3) is 0.348. The molecule has 29 heavy (non-hydrogen) atoms. The van der Waals surface area contributed by atoms with Gasteiger partial charge >= 0.3 is 0 Å². The third kappa shape index (κ3) is 5.74. The van der Waals surface area contributed by atoms with Gasteiger partial charge in [-0.15, -0.1) is 10.2 Å². The van der Waals surface area contributed by atoms with Gasteiger partial charge in [-0.05, 0) is 43.8 Å². The first kappa shape index (κ1) is 20.7. The Morgan fingerprint density at radius 1 is 1.07 bits per heavy atom. The van der Waals surface area contributed by atoms with Gasteiger partial charge in [0.15, 0.2) is 0 Å². The molecule has 3 rings (SSSR count). The van der Waals surface area contributed by atoms with E-state index in [9.17, 15) is 4.79 Å². The molecule has 6 heteroatoms. The summed E-state index contributed by atoms with van der Waals surface area (Å²) in [5, 5.41) is 11.1. The average molecular weight is 393 g/mol. The van der Waals surface area contributed by atoms with Gasteiger partial charge in [0.2, 0.25) is 17.7 Å². The fourth-order valence-corrected chi connectivity index (χ4v) is 3.15. The maximum atomic E-state index is 12.3. The minimum absolute atomic E-state index is 0.0264. The predicted octanol–water partition coefficient (Wildman–Crippen LogP) is 3.65. The monoisotopic (exact) mass is 392 g/mol. The van der Waals surface area contributed by atoms with E-state index in [1.165, 1.54) is 11.1 Å². The molecule has 0 aliphatic heterocycles. The summed E-state index contributed by atoms with van der Waals surface area (Å²) in [4.78, 5) is 14.4. The van der Waals surface area contributed by atoms with Gasteiger partial charge in [0.25, 0.3) is 0 Å². The Morgan fingerprint density at radius 2 is 1.79 bits per heavy atom. The predicted molar refractivity (Wildman–Crippen MR) is 113 cm³/mol. The van der Waals surface area contributed by atoms with Gasteiger partial charge in [-0.2, -0.15) is 0 Å². The highest BCUT2D eigenvalue weighted by molar-refractivity contribution is 5.76. The van der Waals surface area contributed by atoms with Crippen molar-refractivity contribution in [2.24, 2.45) is 0 Å². The van der Waals surface area contributed by atoms with Gasteiger partial charge in [-0.3, -0.25) is 4.79 Å². The molecule has 2 aromatic carbocycles. The Bertz CT molecular complexity index is 904. The van der Waals surface area contributed by atoms with Gasteiger partial charge < -0.3 is 14.6 Å². The lowest BCUT2D eigenvalue weighted by Crippen LogP contribution is -2.34. The normalized spacial score (nSPS) is 12.1. The number of nitrogens with zero attached hydrogens (tertiary/aromatic N) is 3. The van der Waals surface area contributed by atoms with Crippen molar-refractivity contribution in [1.29, 1.82) is 0 Å². The molecule has 0 fully saturated rings. The molecule has 1 heterocycles. The Kier molecular flexibility index (Phi) is 7.14. The van der Waals surface area contributed by atoms with Crippen LogP contribution in [0.5, 0.6) is 0 Å². The lowest BCUT2D eigenvalue weighted by Gasteiger charge is -2.25. The molecule has 0 saturated carbocycles. The van der Waals surface area contributed by atoms with E-state index in [1.807, 2.05) is 44.4 Å². The number of likely N-dealkylation sites (N-methyl/N-ethyl adjacent to an activating group) is 1. The maximum Gasteiger partial charge on any atom is 0.247 e. The van der Waals surface area contributed by atoms with Crippen LogP contribution in [-0.4, -0.2) is 41.6 Å². The zero-order chi connectivity index (χ0) is 20.6. The molecule has 0 bridgehead atoms. The third-order valence-electron chi connectivity index (χ3n) is 4.94. The summed E-state index contributed by atoms with van der Waals surface area (Å²) in [7, 11) is 4.04. The van der Waals surface area contributed by atoms with Crippen LogP contribution in [0.1, 0.15) is 36.4 Å². The molecule has 0 spiro atoms. The van der Waals surface area contributed by atoms with Crippen molar-refractivity contribution in [2.45, 2.75) is 32.2 Å². The van der Waals surface area contributed by atoms with E-state index in [0.717, 1.165) is 12.0 Å². The number of carbonyl (C=O) groups is 1. The van der Waals surface area contributed by atoms with Gasteiger partial charge in [-0.1, -0.05) is 49.4 Å². The number of aromatic nitrogens is 2. The molecule has 0 radical (unpaired) electrons. The zero-order valence-corrected chi connectivity index (χ0v) is 17.3. The fourth-order valence-electron chi connectivity index (χ4n) is 3.15. The number of nitrogens with one attached hydrogen (secondary N) is 1. The van der Waals surface area contributed by atoms with E-state index in [0.29, 0.717) is 31.2 Å². The maximum absolute atomic E-state index is 12.3. The van der Waals surface area contributed by atoms with E-state index in [2.05, 4.69) is 51.6 Å². The van der Waals surface area contributed by atoms with E-state index in [4.69, 9.17) is 4.42 Å². The van der Waals surface area contributed by atoms with Crippen LogP contribution in [0.4, 0.5) is 0 Å². The molecule has 6 nitrogen and oxygen atoms in total. The SMILES string of the molecule is CCc1ccc([C@H](CNC(=O)CCc2nnc(-c3ccccc3)o2)N(C)C)cc1. The van der Waals surface area contributed by atoms with Crippen LogP contribution in [0.3, 0.4) is 0 Å². The minimum atomic E-state index is -0.0264. The molecule has 1 aromatic heterocycles. The zero-order valence-electron chi connectivity index (χ0n) is 17.3. The second-order valence-corrected chi connectivity index (χ2v) is 7.25. The Labute approximate surface area is 172 Å². The Hall–Kier alpha value is -2.99. The Morgan fingerprint density at radius 3 is 2.45 bits per heavy atom. The first-order valence-electron chi connectivity index (χ1n) is 9.96. The molecule has 1 atom stereocenters. The second-order valence-electron chi connectivity index (χ2n) is 7.25. The van der Waals surface area contributed by atoms with Gasteiger partial charge in [0, 0.05) is 24.9 Å². The highest BCUT2D eigenvalue weighted by atomic mass is 16.4. The highest BCUT2D eigenvalue weighted by Gasteiger charge is 2.16. The van der Waals surface area contributed by atoms with Gasteiger partial charge in [0.1, 0.15) is 0 Å². The van der Waals surface area contributed by atoms with Gasteiger partial charge in [-0.25, -0.2) is 0 Å². The van der Waals surface area contributed by atoms with E-state index in [-0.39, 0.29) is 11.9 Å². The molecular formula is C23H28N4O2. The summed E-state index contributed by atoms with van der Waals surface area (Å²) < 4.78 is 5.66. The summed E-state index contributed by atoms with van der Waals surface area (Å²) in [6, 6.07) is 18.3. The van der Waals surface area contributed by atoms with Crippen LogP contribution < -0.4 is 5.32 Å². The number of amides is 1. The minimum Gasteiger partial charge on any atom is -0.421 e. The summed E-state index contributed by atoms with van der Waals surface area (Å²) in [5.41, 5.74) is 3.38. The van der Waals surface area contributed by atoms with Crippen LogP contribution >= 0.6 is 0 Å². The van der Waals surface area contributed by atoms with Crippen LogP contribution in [0, 0.1) is 0 Å².